The van der Waals surface area contributed by atoms with E-state index >= 15 is 0 Å². The molecule has 0 spiro atoms. The van der Waals surface area contributed by atoms with Gasteiger partial charge in [0.2, 0.25) is 0 Å². The van der Waals surface area contributed by atoms with Gasteiger partial charge in [0, 0.05) is 10.2 Å². The number of nitrogens with one attached hydrogen (secondary N) is 1. The molecule has 2 unspecified atom stereocenters. The van der Waals surface area contributed by atoms with Crippen molar-refractivity contribution in [2.45, 2.75) is 12.2 Å². The summed E-state index contributed by atoms with van der Waals surface area (Å²) in [6.45, 7) is 0.0740. The molecule has 8 heteroatoms. The fourth-order valence-electron chi connectivity index (χ4n) is 1.90. The Labute approximate surface area is 122 Å². The molecule has 4 N–H and O–H groups in total. The lowest BCUT2D eigenvalue weighted by Crippen LogP contribution is -2.33. The maximum atomic E-state index is 11.9. The Hall–Kier alpha value is -1.64. The van der Waals surface area contributed by atoms with Crippen molar-refractivity contribution in [1.29, 1.82) is 0 Å². The van der Waals surface area contributed by atoms with Crippen LogP contribution in [0.4, 0.5) is 10.5 Å². The van der Waals surface area contributed by atoms with Crippen LogP contribution in [0.15, 0.2) is 22.7 Å². The van der Waals surface area contributed by atoms with Crippen molar-refractivity contribution >= 4 is 33.6 Å². The Bertz CT molecular complexity index is 541. The van der Waals surface area contributed by atoms with E-state index in [2.05, 4.69) is 21.2 Å². The predicted octanol–water partition coefficient (Wildman–Crippen LogP) is 0.717. The molecule has 1 aliphatic heterocycles. The number of aliphatic hydroxyl groups excluding tert-OH is 2. The molecule has 1 fully saturated rings. The number of hydrogen-bond acceptors (Lipinski definition) is 4. The van der Waals surface area contributed by atoms with Crippen LogP contribution in [-0.2, 0) is 0 Å². The molecule has 20 heavy (non-hydrogen) atoms. The lowest BCUT2D eigenvalue weighted by atomic mass is 10.2. The second kappa shape index (κ2) is 5.78. The first-order chi connectivity index (χ1) is 9.38. The summed E-state index contributed by atoms with van der Waals surface area (Å²) in [5, 5.41) is 30.3. The van der Waals surface area contributed by atoms with Crippen LogP contribution in [0, 0.1) is 0 Å². The lowest BCUT2D eigenvalue weighted by Gasteiger charge is -2.16. The first-order valence-electron chi connectivity index (χ1n) is 5.83. The number of anilines is 1. The molecule has 0 radical (unpaired) electrons. The van der Waals surface area contributed by atoms with Crippen molar-refractivity contribution < 1.29 is 24.9 Å². The monoisotopic (exact) mass is 344 g/mol. The van der Waals surface area contributed by atoms with E-state index in [-0.39, 0.29) is 18.7 Å². The molecule has 0 aliphatic carbocycles. The van der Waals surface area contributed by atoms with Crippen LogP contribution >= 0.6 is 15.9 Å². The summed E-state index contributed by atoms with van der Waals surface area (Å²) in [7, 11) is 0. The first kappa shape index (κ1) is 14.8. The summed E-state index contributed by atoms with van der Waals surface area (Å²) in [5.74, 6) is -1.11. The third-order valence-electron chi connectivity index (χ3n) is 2.99. The number of aromatic carboxylic acids is 1. The van der Waals surface area contributed by atoms with Crippen LogP contribution in [0.3, 0.4) is 0 Å². The van der Waals surface area contributed by atoms with E-state index in [0.29, 0.717) is 10.2 Å². The van der Waals surface area contributed by atoms with Crippen LogP contribution in [0.25, 0.3) is 0 Å². The average molecular weight is 345 g/mol. The number of rotatable bonds is 2. The average Bonchev–Trinajstić information content (AvgIpc) is 2.72. The molecule has 1 aromatic carbocycles. The number of carbonyl (C=O) groups is 2. The van der Waals surface area contributed by atoms with Crippen LogP contribution in [0.5, 0.6) is 0 Å². The SMILES string of the molecule is O=C(O)c1cc(NC(=O)N2CC(O)C(O)C2)ccc1Br. The number of carbonyl (C=O) groups excluding carboxylic acids is 1. The van der Waals surface area contributed by atoms with Crippen LogP contribution in [-0.4, -0.2) is 57.5 Å². The molecular formula is C12H13BrN2O5. The molecule has 1 heterocycles. The molecule has 2 amide bonds. The van der Waals surface area contributed by atoms with Gasteiger partial charge in [0.05, 0.1) is 30.9 Å². The van der Waals surface area contributed by atoms with Gasteiger partial charge in [0.1, 0.15) is 0 Å². The highest BCUT2D eigenvalue weighted by molar-refractivity contribution is 9.10. The zero-order valence-electron chi connectivity index (χ0n) is 10.3. The van der Waals surface area contributed by atoms with Gasteiger partial charge in [-0.15, -0.1) is 0 Å². The number of carboxylic acids is 1. The standard InChI is InChI=1S/C12H13BrN2O5/c13-8-2-1-6(3-7(8)11(18)19)14-12(20)15-4-9(16)10(17)5-15/h1-3,9-10,16-17H,4-5H2,(H,14,20)(H,18,19). The molecule has 1 aromatic rings. The zero-order chi connectivity index (χ0) is 14.9. The maximum absolute atomic E-state index is 11.9. The highest BCUT2D eigenvalue weighted by atomic mass is 79.9. The fourth-order valence-corrected chi connectivity index (χ4v) is 2.32. The Morgan fingerprint density at radius 1 is 1.25 bits per heavy atom. The summed E-state index contributed by atoms with van der Waals surface area (Å²) in [5.41, 5.74) is 0.357. The van der Waals surface area contributed by atoms with Gasteiger partial charge in [-0.25, -0.2) is 9.59 Å². The number of likely N-dealkylation sites (tertiary alicyclic amines) is 1. The number of β-amino-alcohol motifs (C(OH)–C–C–N with tert-alkyl or cyclic N) is 2. The van der Waals surface area contributed by atoms with Gasteiger partial charge < -0.3 is 25.5 Å². The molecular weight excluding hydrogens is 332 g/mol. The van der Waals surface area contributed by atoms with Crippen molar-refractivity contribution in [3.63, 3.8) is 0 Å². The molecule has 2 atom stereocenters. The largest absolute Gasteiger partial charge is 0.478 e. The van der Waals surface area contributed by atoms with E-state index < -0.39 is 24.2 Å². The minimum atomic E-state index is -1.11. The van der Waals surface area contributed by atoms with Crippen molar-refractivity contribution in [2.24, 2.45) is 0 Å². The number of carboxylic acid groups (broad SMARTS) is 1. The van der Waals surface area contributed by atoms with E-state index in [1.54, 1.807) is 6.07 Å². The number of benzene rings is 1. The van der Waals surface area contributed by atoms with Gasteiger partial charge in [-0.05, 0) is 34.1 Å². The van der Waals surface area contributed by atoms with Crippen LogP contribution in [0.1, 0.15) is 10.4 Å². The molecule has 1 saturated heterocycles. The van der Waals surface area contributed by atoms with Crippen LogP contribution in [0.2, 0.25) is 0 Å². The summed E-state index contributed by atoms with van der Waals surface area (Å²) in [6, 6.07) is 3.90. The Morgan fingerprint density at radius 3 is 2.40 bits per heavy atom. The minimum absolute atomic E-state index is 0.0318. The second-order valence-corrected chi connectivity index (χ2v) is 5.32. The third-order valence-corrected chi connectivity index (χ3v) is 3.69. The molecule has 7 nitrogen and oxygen atoms in total. The molecule has 2 rings (SSSR count). The number of amides is 2. The number of urea groups is 1. The smallest absolute Gasteiger partial charge is 0.336 e. The zero-order valence-corrected chi connectivity index (χ0v) is 11.9. The predicted molar refractivity (Wildman–Crippen MR) is 73.7 cm³/mol. The highest BCUT2D eigenvalue weighted by Crippen LogP contribution is 2.22. The number of hydrogen-bond donors (Lipinski definition) is 4. The first-order valence-corrected chi connectivity index (χ1v) is 6.62. The summed E-state index contributed by atoms with van der Waals surface area (Å²) >= 11 is 3.11. The second-order valence-electron chi connectivity index (χ2n) is 4.47. The van der Waals surface area contributed by atoms with Crippen molar-refractivity contribution in [2.75, 3.05) is 18.4 Å². The Kier molecular flexibility index (Phi) is 4.26. The summed E-state index contributed by atoms with van der Waals surface area (Å²) < 4.78 is 0.412. The van der Waals surface area contributed by atoms with Gasteiger partial charge in [-0.2, -0.15) is 0 Å². The van der Waals surface area contributed by atoms with Crippen LogP contribution < -0.4 is 5.32 Å². The minimum Gasteiger partial charge on any atom is -0.478 e. The van der Waals surface area contributed by atoms with E-state index in [4.69, 9.17) is 5.11 Å². The molecule has 1 aliphatic rings. The van der Waals surface area contributed by atoms with E-state index in [0.717, 1.165) is 0 Å². The number of halogens is 1. The van der Waals surface area contributed by atoms with Crippen molar-refractivity contribution in [3.05, 3.63) is 28.2 Å². The quantitative estimate of drug-likeness (QED) is 0.631. The maximum Gasteiger partial charge on any atom is 0.336 e. The lowest BCUT2D eigenvalue weighted by molar-refractivity contribution is 0.0572. The van der Waals surface area contributed by atoms with Gasteiger partial charge in [0.25, 0.3) is 0 Å². The summed E-state index contributed by atoms with van der Waals surface area (Å²) in [4.78, 5) is 24.1. The van der Waals surface area contributed by atoms with E-state index in [1.165, 1.54) is 17.0 Å². The molecule has 0 saturated carbocycles. The Morgan fingerprint density at radius 2 is 1.85 bits per heavy atom. The summed E-state index contributed by atoms with van der Waals surface area (Å²) in [6.07, 6.45) is -1.92. The van der Waals surface area contributed by atoms with Crippen molar-refractivity contribution in [3.8, 4) is 0 Å². The van der Waals surface area contributed by atoms with Gasteiger partial charge >= 0.3 is 12.0 Å². The van der Waals surface area contributed by atoms with E-state index in [1.807, 2.05) is 0 Å². The molecule has 108 valence electrons. The molecule has 0 aromatic heterocycles. The van der Waals surface area contributed by atoms with Crippen molar-refractivity contribution in [1.82, 2.24) is 4.90 Å². The van der Waals surface area contributed by atoms with E-state index in [9.17, 15) is 19.8 Å². The fraction of sp³-hybridized carbons (Fsp3) is 0.333. The third kappa shape index (κ3) is 3.09. The number of aliphatic hydroxyl groups is 2. The van der Waals surface area contributed by atoms with Gasteiger partial charge in [0.15, 0.2) is 0 Å². The highest BCUT2D eigenvalue weighted by Gasteiger charge is 2.32. The molecule has 0 bridgehead atoms. The normalized spacial score (nSPS) is 21.9. The topological polar surface area (TPSA) is 110 Å². The van der Waals surface area contributed by atoms with Gasteiger partial charge in [-0.3, -0.25) is 0 Å². The van der Waals surface area contributed by atoms with Gasteiger partial charge in [-0.1, -0.05) is 0 Å². The number of nitrogens with zero attached hydrogens (tertiary/aromatic N) is 1. The Balaban J connectivity index is 2.09.